The predicted molar refractivity (Wildman–Crippen MR) is 81.8 cm³/mol. The summed E-state index contributed by atoms with van der Waals surface area (Å²) in [7, 11) is -3.43. The molecular formula is C14H22N2O4S. The van der Waals surface area contributed by atoms with Crippen molar-refractivity contribution in [2.24, 2.45) is 5.41 Å². The van der Waals surface area contributed by atoms with E-state index in [4.69, 9.17) is 10.8 Å². The highest BCUT2D eigenvalue weighted by Gasteiger charge is 2.19. The van der Waals surface area contributed by atoms with Crippen LogP contribution in [0.15, 0.2) is 23.1 Å². The number of hydrogen-bond acceptors (Lipinski definition) is 5. The molecule has 0 aromatic heterocycles. The van der Waals surface area contributed by atoms with Crippen LogP contribution < -0.4 is 11.1 Å². The van der Waals surface area contributed by atoms with Crippen LogP contribution >= 0.6 is 0 Å². The molecule has 7 heteroatoms. The monoisotopic (exact) mass is 314 g/mol. The number of sulfone groups is 1. The number of nitrogen functional groups attached to an aromatic ring is 1. The highest BCUT2D eigenvalue weighted by Crippen LogP contribution is 2.20. The topological polar surface area (TPSA) is 109 Å². The van der Waals surface area contributed by atoms with Crippen LogP contribution in [0.2, 0.25) is 0 Å². The Morgan fingerprint density at radius 1 is 1.33 bits per heavy atom. The van der Waals surface area contributed by atoms with E-state index >= 15 is 0 Å². The van der Waals surface area contributed by atoms with Crippen molar-refractivity contribution in [1.29, 1.82) is 0 Å². The minimum absolute atomic E-state index is 0.0160. The highest BCUT2D eigenvalue weighted by atomic mass is 32.2. The first-order valence-corrected chi connectivity index (χ1v) is 8.44. The van der Waals surface area contributed by atoms with E-state index in [9.17, 15) is 13.2 Å². The average Bonchev–Trinajstić information content (AvgIpc) is 2.34. The normalized spacial score (nSPS) is 12.2. The highest BCUT2D eigenvalue weighted by molar-refractivity contribution is 7.90. The van der Waals surface area contributed by atoms with E-state index < -0.39 is 15.7 Å². The van der Waals surface area contributed by atoms with E-state index in [1.54, 1.807) is 0 Å². The van der Waals surface area contributed by atoms with Crippen molar-refractivity contribution < 1.29 is 18.3 Å². The fourth-order valence-corrected chi connectivity index (χ4v) is 2.47. The molecule has 0 saturated carbocycles. The lowest BCUT2D eigenvalue weighted by Gasteiger charge is -2.23. The molecular weight excluding hydrogens is 292 g/mol. The van der Waals surface area contributed by atoms with Crippen molar-refractivity contribution in [3.63, 3.8) is 0 Å². The summed E-state index contributed by atoms with van der Waals surface area (Å²) < 4.78 is 23.1. The molecule has 0 radical (unpaired) electrons. The van der Waals surface area contributed by atoms with Crippen molar-refractivity contribution >= 4 is 21.4 Å². The molecule has 0 aliphatic rings. The Kier molecular flexibility index (Phi) is 5.36. The van der Waals surface area contributed by atoms with Gasteiger partial charge in [-0.3, -0.25) is 4.79 Å². The lowest BCUT2D eigenvalue weighted by molar-refractivity contribution is 0.0928. The predicted octanol–water partition coefficient (Wildman–Crippen LogP) is 0.811. The SMILES string of the molecule is CC(C)(CCO)CNC(=O)c1cc(N)cc(S(C)(=O)=O)c1. The van der Waals surface area contributed by atoms with Gasteiger partial charge in [0.25, 0.3) is 5.91 Å². The van der Waals surface area contributed by atoms with Crippen molar-refractivity contribution in [2.45, 2.75) is 25.2 Å². The molecule has 0 bridgehead atoms. The van der Waals surface area contributed by atoms with E-state index in [1.165, 1.54) is 18.2 Å². The maximum Gasteiger partial charge on any atom is 0.251 e. The zero-order valence-electron chi connectivity index (χ0n) is 12.5. The molecule has 0 spiro atoms. The molecule has 1 aromatic rings. The largest absolute Gasteiger partial charge is 0.399 e. The third-order valence-electron chi connectivity index (χ3n) is 3.14. The molecule has 1 amide bonds. The number of hydrogen-bond donors (Lipinski definition) is 3. The Labute approximate surface area is 125 Å². The van der Waals surface area contributed by atoms with E-state index in [0.29, 0.717) is 13.0 Å². The first kappa shape index (κ1) is 17.5. The molecule has 1 aromatic carbocycles. The molecule has 0 saturated heterocycles. The summed E-state index contributed by atoms with van der Waals surface area (Å²) in [5.41, 5.74) is 5.82. The number of nitrogens with two attached hydrogens (primary N) is 1. The summed E-state index contributed by atoms with van der Waals surface area (Å²) >= 11 is 0. The number of amides is 1. The second kappa shape index (κ2) is 6.44. The lowest BCUT2D eigenvalue weighted by atomic mass is 9.89. The molecule has 6 nitrogen and oxygen atoms in total. The Morgan fingerprint density at radius 2 is 1.95 bits per heavy atom. The standard InChI is InChI=1S/C14H22N2O4S/c1-14(2,4-5-17)9-16-13(18)10-6-11(15)8-12(7-10)21(3,19)20/h6-8,17H,4-5,9,15H2,1-3H3,(H,16,18). The lowest BCUT2D eigenvalue weighted by Crippen LogP contribution is -2.34. The van der Waals surface area contributed by atoms with Gasteiger partial charge in [-0.15, -0.1) is 0 Å². The number of rotatable bonds is 6. The zero-order valence-corrected chi connectivity index (χ0v) is 13.3. The van der Waals surface area contributed by atoms with E-state index in [0.717, 1.165) is 6.26 Å². The van der Waals surface area contributed by atoms with Gasteiger partial charge in [0, 0.05) is 30.7 Å². The van der Waals surface area contributed by atoms with Gasteiger partial charge in [0.2, 0.25) is 0 Å². The van der Waals surface area contributed by atoms with E-state index in [1.807, 2.05) is 13.8 Å². The Hall–Kier alpha value is -1.60. The smallest absolute Gasteiger partial charge is 0.251 e. The van der Waals surface area contributed by atoms with E-state index in [-0.39, 0.29) is 28.2 Å². The molecule has 0 atom stereocenters. The summed E-state index contributed by atoms with van der Waals surface area (Å²) in [6, 6.07) is 4.06. The number of anilines is 1. The van der Waals surface area contributed by atoms with Crippen LogP contribution in [0.5, 0.6) is 0 Å². The second-order valence-electron chi connectivity index (χ2n) is 5.88. The first-order valence-electron chi connectivity index (χ1n) is 6.55. The van der Waals surface area contributed by atoms with E-state index in [2.05, 4.69) is 5.32 Å². The van der Waals surface area contributed by atoms with Gasteiger partial charge in [0.15, 0.2) is 9.84 Å². The van der Waals surface area contributed by atoms with Crippen LogP contribution in [0.1, 0.15) is 30.6 Å². The summed E-state index contributed by atoms with van der Waals surface area (Å²) in [6.07, 6.45) is 1.62. The molecule has 0 aliphatic heterocycles. The van der Waals surface area contributed by atoms with Crippen LogP contribution in [0.3, 0.4) is 0 Å². The Morgan fingerprint density at radius 3 is 2.48 bits per heavy atom. The Balaban J connectivity index is 2.91. The van der Waals surface area contributed by atoms with Gasteiger partial charge in [-0.25, -0.2) is 8.42 Å². The Bertz CT molecular complexity index is 624. The van der Waals surface area contributed by atoms with Crippen LogP contribution in [0, 0.1) is 5.41 Å². The van der Waals surface area contributed by atoms with Crippen LogP contribution in [-0.2, 0) is 9.84 Å². The molecule has 0 aliphatic carbocycles. The molecule has 0 fully saturated rings. The van der Waals surface area contributed by atoms with Crippen molar-refractivity contribution in [3.05, 3.63) is 23.8 Å². The van der Waals surface area contributed by atoms with Gasteiger partial charge in [-0.2, -0.15) is 0 Å². The van der Waals surface area contributed by atoms with Crippen LogP contribution in [0.25, 0.3) is 0 Å². The van der Waals surface area contributed by atoms with Crippen molar-refractivity contribution in [2.75, 3.05) is 25.1 Å². The summed E-state index contributed by atoms with van der Waals surface area (Å²) in [5, 5.41) is 11.7. The minimum Gasteiger partial charge on any atom is -0.399 e. The molecule has 4 N–H and O–H groups in total. The number of aliphatic hydroxyl groups is 1. The fourth-order valence-electron chi connectivity index (χ4n) is 1.78. The van der Waals surface area contributed by atoms with Gasteiger partial charge >= 0.3 is 0 Å². The third kappa shape index (κ3) is 5.35. The van der Waals surface area contributed by atoms with Crippen molar-refractivity contribution in [1.82, 2.24) is 5.32 Å². The molecule has 0 heterocycles. The first-order chi connectivity index (χ1) is 9.55. The van der Waals surface area contributed by atoms with Gasteiger partial charge in [0.1, 0.15) is 0 Å². The minimum atomic E-state index is -3.43. The third-order valence-corrected chi connectivity index (χ3v) is 4.23. The van der Waals surface area contributed by atoms with Gasteiger partial charge < -0.3 is 16.2 Å². The zero-order chi connectivity index (χ0) is 16.3. The summed E-state index contributed by atoms with van der Waals surface area (Å²) in [5.74, 6) is -0.391. The maximum atomic E-state index is 12.1. The van der Waals surface area contributed by atoms with Crippen molar-refractivity contribution in [3.8, 4) is 0 Å². The quantitative estimate of drug-likeness (QED) is 0.673. The number of nitrogens with one attached hydrogen (secondary N) is 1. The number of carbonyl (C=O) groups is 1. The maximum absolute atomic E-state index is 12.1. The number of benzene rings is 1. The average molecular weight is 314 g/mol. The fraction of sp³-hybridized carbons (Fsp3) is 0.500. The molecule has 0 unspecified atom stereocenters. The molecule has 21 heavy (non-hydrogen) atoms. The van der Waals surface area contributed by atoms with Gasteiger partial charge in [0.05, 0.1) is 4.90 Å². The van der Waals surface area contributed by atoms with Gasteiger partial charge in [-0.05, 0) is 30.0 Å². The number of aliphatic hydroxyl groups excluding tert-OH is 1. The second-order valence-corrected chi connectivity index (χ2v) is 7.90. The molecule has 118 valence electrons. The van der Waals surface area contributed by atoms with Crippen LogP contribution in [-0.4, -0.2) is 38.8 Å². The number of carbonyl (C=O) groups excluding carboxylic acids is 1. The molecule has 1 rings (SSSR count). The van der Waals surface area contributed by atoms with Gasteiger partial charge in [-0.1, -0.05) is 13.8 Å². The van der Waals surface area contributed by atoms with Crippen LogP contribution in [0.4, 0.5) is 5.69 Å². The summed E-state index contributed by atoms with van der Waals surface area (Å²) in [6.45, 7) is 4.25. The summed E-state index contributed by atoms with van der Waals surface area (Å²) in [4.78, 5) is 12.1.